The number of halogens is 2. The van der Waals surface area contributed by atoms with Crippen LogP contribution in [-0.4, -0.2) is 31.1 Å². The van der Waals surface area contributed by atoms with Crippen LogP contribution in [0, 0.1) is 5.82 Å². The van der Waals surface area contributed by atoms with E-state index < -0.39 is 0 Å². The molecule has 1 heterocycles. The topological polar surface area (TPSA) is 15.3 Å². The standard InChI is InChI=1S/C13H16ClFN2/c1-2-13(17-7-5-16-6-8-17)11-4-3-10(15)9-12(11)14/h2-4,9,13,16H,1,5-8H2/t13-/m0/s1. The molecule has 0 bridgehead atoms. The molecule has 1 aliphatic rings. The zero-order valence-corrected chi connectivity index (χ0v) is 10.4. The number of piperazine rings is 1. The smallest absolute Gasteiger partial charge is 0.124 e. The van der Waals surface area contributed by atoms with Gasteiger partial charge in [-0.1, -0.05) is 23.7 Å². The van der Waals surface area contributed by atoms with Gasteiger partial charge in [-0.15, -0.1) is 6.58 Å². The minimum absolute atomic E-state index is 0.0604. The molecular formula is C13H16ClFN2. The molecule has 0 unspecified atom stereocenters. The number of rotatable bonds is 3. The van der Waals surface area contributed by atoms with Crippen molar-refractivity contribution < 1.29 is 4.39 Å². The van der Waals surface area contributed by atoms with Crippen LogP contribution in [-0.2, 0) is 0 Å². The van der Waals surface area contributed by atoms with Gasteiger partial charge >= 0.3 is 0 Å². The Morgan fingerprint density at radius 3 is 2.71 bits per heavy atom. The normalized spacial score (nSPS) is 18.9. The number of nitrogens with zero attached hydrogens (tertiary/aromatic N) is 1. The van der Waals surface area contributed by atoms with Gasteiger partial charge in [-0.2, -0.15) is 0 Å². The molecule has 1 atom stereocenters. The van der Waals surface area contributed by atoms with Gasteiger partial charge in [0.2, 0.25) is 0 Å². The molecule has 1 aromatic carbocycles. The molecule has 17 heavy (non-hydrogen) atoms. The van der Waals surface area contributed by atoms with Gasteiger partial charge in [0, 0.05) is 31.2 Å². The molecule has 1 N–H and O–H groups in total. The number of hydrogen-bond donors (Lipinski definition) is 1. The SMILES string of the molecule is C=C[C@@H](c1ccc(F)cc1Cl)N1CCNCC1. The van der Waals surface area contributed by atoms with Gasteiger partial charge in [0.1, 0.15) is 5.82 Å². The van der Waals surface area contributed by atoms with E-state index >= 15 is 0 Å². The lowest BCUT2D eigenvalue weighted by Gasteiger charge is -2.33. The second-order valence-electron chi connectivity index (χ2n) is 4.13. The molecule has 0 radical (unpaired) electrons. The molecule has 1 aromatic rings. The van der Waals surface area contributed by atoms with E-state index in [2.05, 4.69) is 16.8 Å². The highest BCUT2D eigenvalue weighted by atomic mass is 35.5. The predicted octanol–water partition coefficient (Wildman–Crippen LogP) is 2.61. The van der Waals surface area contributed by atoms with E-state index in [9.17, 15) is 4.39 Å². The van der Waals surface area contributed by atoms with Crippen LogP contribution >= 0.6 is 11.6 Å². The molecule has 2 rings (SSSR count). The maximum atomic E-state index is 13.0. The molecule has 92 valence electrons. The minimum atomic E-state index is -0.304. The van der Waals surface area contributed by atoms with Crippen LogP contribution < -0.4 is 5.32 Å². The zero-order chi connectivity index (χ0) is 12.3. The first kappa shape index (κ1) is 12.6. The van der Waals surface area contributed by atoms with Gasteiger partial charge in [-0.05, 0) is 17.7 Å². The van der Waals surface area contributed by atoms with E-state index in [0.717, 1.165) is 31.7 Å². The Morgan fingerprint density at radius 1 is 1.41 bits per heavy atom. The van der Waals surface area contributed by atoms with Gasteiger partial charge < -0.3 is 5.32 Å². The molecule has 0 aromatic heterocycles. The molecule has 1 fully saturated rings. The van der Waals surface area contributed by atoms with E-state index in [0.29, 0.717) is 5.02 Å². The zero-order valence-electron chi connectivity index (χ0n) is 9.63. The summed E-state index contributed by atoms with van der Waals surface area (Å²) in [4.78, 5) is 2.29. The first-order valence-corrected chi connectivity index (χ1v) is 6.12. The average molecular weight is 255 g/mol. The molecule has 1 aliphatic heterocycles. The third-order valence-electron chi connectivity index (χ3n) is 3.05. The van der Waals surface area contributed by atoms with E-state index in [4.69, 9.17) is 11.6 Å². The fourth-order valence-electron chi connectivity index (χ4n) is 2.17. The van der Waals surface area contributed by atoms with Gasteiger partial charge in [-0.3, -0.25) is 4.90 Å². The fraction of sp³-hybridized carbons (Fsp3) is 0.385. The summed E-state index contributed by atoms with van der Waals surface area (Å²) >= 11 is 6.09. The lowest BCUT2D eigenvalue weighted by molar-refractivity contribution is 0.203. The van der Waals surface area contributed by atoms with Crippen molar-refractivity contribution in [2.75, 3.05) is 26.2 Å². The first-order chi connectivity index (χ1) is 8.22. The summed E-state index contributed by atoms with van der Waals surface area (Å²) < 4.78 is 13.0. The van der Waals surface area contributed by atoms with Crippen molar-refractivity contribution in [2.24, 2.45) is 0 Å². The molecule has 2 nitrogen and oxygen atoms in total. The molecule has 4 heteroatoms. The highest BCUT2D eigenvalue weighted by Gasteiger charge is 2.21. The van der Waals surface area contributed by atoms with Crippen molar-refractivity contribution >= 4 is 11.6 Å². The summed E-state index contributed by atoms with van der Waals surface area (Å²) in [6.45, 7) is 7.68. The monoisotopic (exact) mass is 254 g/mol. The van der Waals surface area contributed by atoms with Crippen LogP contribution in [0.25, 0.3) is 0 Å². The Morgan fingerprint density at radius 2 is 2.12 bits per heavy atom. The quantitative estimate of drug-likeness (QED) is 0.835. The van der Waals surface area contributed by atoms with Gasteiger partial charge in [0.05, 0.1) is 6.04 Å². The molecule has 0 spiro atoms. The maximum absolute atomic E-state index is 13.0. The van der Waals surface area contributed by atoms with E-state index in [-0.39, 0.29) is 11.9 Å². The third kappa shape index (κ3) is 2.86. The second kappa shape index (κ2) is 5.63. The van der Waals surface area contributed by atoms with Crippen LogP contribution in [0.1, 0.15) is 11.6 Å². The van der Waals surface area contributed by atoms with Crippen molar-refractivity contribution in [2.45, 2.75) is 6.04 Å². The van der Waals surface area contributed by atoms with Gasteiger partial charge in [0.15, 0.2) is 0 Å². The average Bonchev–Trinajstić information content (AvgIpc) is 2.34. The predicted molar refractivity (Wildman–Crippen MR) is 68.8 cm³/mol. The highest BCUT2D eigenvalue weighted by Crippen LogP contribution is 2.29. The summed E-state index contributed by atoms with van der Waals surface area (Å²) in [7, 11) is 0. The number of nitrogens with one attached hydrogen (secondary N) is 1. The van der Waals surface area contributed by atoms with Crippen molar-refractivity contribution in [3.63, 3.8) is 0 Å². The highest BCUT2D eigenvalue weighted by molar-refractivity contribution is 6.31. The van der Waals surface area contributed by atoms with Crippen molar-refractivity contribution in [1.29, 1.82) is 0 Å². The van der Waals surface area contributed by atoms with Crippen LogP contribution in [0.4, 0.5) is 4.39 Å². The molecule has 1 saturated heterocycles. The number of benzene rings is 1. The minimum Gasteiger partial charge on any atom is -0.314 e. The number of hydrogen-bond acceptors (Lipinski definition) is 2. The summed E-state index contributed by atoms with van der Waals surface area (Å²) in [6, 6.07) is 4.60. The van der Waals surface area contributed by atoms with Gasteiger partial charge in [-0.25, -0.2) is 4.39 Å². The van der Waals surface area contributed by atoms with Crippen molar-refractivity contribution in [1.82, 2.24) is 10.2 Å². The van der Waals surface area contributed by atoms with E-state index in [1.165, 1.54) is 12.1 Å². The van der Waals surface area contributed by atoms with Crippen LogP contribution in [0.3, 0.4) is 0 Å². The molecule has 0 saturated carbocycles. The molecular weight excluding hydrogens is 239 g/mol. The first-order valence-electron chi connectivity index (χ1n) is 5.74. The maximum Gasteiger partial charge on any atom is 0.124 e. The molecule has 0 aliphatic carbocycles. The lowest BCUT2D eigenvalue weighted by atomic mass is 10.0. The fourth-order valence-corrected chi connectivity index (χ4v) is 2.45. The Bertz CT molecular complexity index is 402. The second-order valence-corrected chi connectivity index (χ2v) is 4.54. The van der Waals surface area contributed by atoms with Crippen molar-refractivity contribution in [3.05, 3.63) is 47.3 Å². The van der Waals surface area contributed by atoms with Crippen LogP contribution in [0.15, 0.2) is 30.9 Å². The third-order valence-corrected chi connectivity index (χ3v) is 3.38. The summed E-state index contributed by atoms with van der Waals surface area (Å²) in [5, 5.41) is 3.77. The summed E-state index contributed by atoms with van der Waals surface area (Å²) in [5.74, 6) is -0.304. The molecule has 0 amide bonds. The van der Waals surface area contributed by atoms with Crippen LogP contribution in [0.5, 0.6) is 0 Å². The summed E-state index contributed by atoms with van der Waals surface area (Å²) in [6.07, 6.45) is 1.87. The largest absolute Gasteiger partial charge is 0.314 e. The van der Waals surface area contributed by atoms with E-state index in [1.807, 2.05) is 6.08 Å². The Balaban J connectivity index is 2.24. The Hall–Kier alpha value is -0.900. The van der Waals surface area contributed by atoms with Gasteiger partial charge in [0.25, 0.3) is 0 Å². The van der Waals surface area contributed by atoms with Crippen molar-refractivity contribution in [3.8, 4) is 0 Å². The Kier molecular flexibility index (Phi) is 4.15. The Labute approximate surface area is 106 Å². The van der Waals surface area contributed by atoms with E-state index in [1.54, 1.807) is 6.07 Å². The van der Waals surface area contributed by atoms with Crippen LogP contribution in [0.2, 0.25) is 5.02 Å². The lowest BCUT2D eigenvalue weighted by Crippen LogP contribution is -2.44. The summed E-state index contributed by atoms with van der Waals surface area (Å²) in [5.41, 5.74) is 0.921.